The third-order valence-corrected chi connectivity index (χ3v) is 3.27. The number of nitrogen functional groups attached to an aromatic ring is 1. The van der Waals surface area contributed by atoms with Gasteiger partial charge in [-0.1, -0.05) is 19.1 Å². The lowest BCUT2D eigenvalue weighted by Gasteiger charge is -2.21. The highest BCUT2D eigenvalue weighted by Crippen LogP contribution is 2.29. The highest BCUT2D eigenvalue weighted by Gasteiger charge is 2.06. The van der Waals surface area contributed by atoms with Gasteiger partial charge in [0.1, 0.15) is 5.75 Å². The zero-order valence-corrected chi connectivity index (χ0v) is 11.7. The molecule has 2 rings (SSSR count). The van der Waals surface area contributed by atoms with Gasteiger partial charge in [0.2, 0.25) is 0 Å². The summed E-state index contributed by atoms with van der Waals surface area (Å²) in [6, 6.07) is 14.3. The fraction of sp³-hybridized carbons (Fsp3) is 0.250. The Hall–Kier alpha value is -2.16. The van der Waals surface area contributed by atoms with Crippen molar-refractivity contribution in [3.63, 3.8) is 0 Å². The van der Waals surface area contributed by atoms with Crippen LogP contribution in [0.15, 0.2) is 42.5 Å². The molecule has 0 fully saturated rings. The van der Waals surface area contributed by atoms with Crippen molar-refractivity contribution in [2.75, 3.05) is 24.8 Å². The van der Waals surface area contributed by atoms with Crippen LogP contribution in [0, 0.1) is 0 Å². The van der Waals surface area contributed by atoms with Gasteiger partial charge in [-0.15, -0.1) is 0 Å². The number of nitrogens with two attached hydrogens (primary N) is 1. The summed E-state index contributed by atoms with van der Waals surface area (Å²) < 4.78 is 5.25. The maximum Gasteiger partial charge on any atom is 0.122 e. The van der Waals surface area contributed by atoms with Gasteiger partial charge in [0.05, 0.1) is 7.11 Å². The first-order chi connectivity index (χ1) is 9.13. The van der Waals surface area contributed by atoms with Crippen LogP contribution in [0.25, 0.3) is 0 Å². The monoisotopic (exact) mass is 256 g/mol. The van der Waals surface area contributed by atoms with Crippen molar-refractivity contribution >= 4 is 17.1 Å². The summed E-state index contributed by atoms with van der Waals surface area (Å²) in [4.78, 5) is 2.10. The van der Waals surface area contributed by atoms with Gasteiger partial charge in [-0.3, -0.25) is 0 Å². The molecule has 2 aromatic carbocycles. The highest BCUT2D eigenvalue weighted by molar-refractivity contribution is 5.68. The van der Waals surface area contributed by atoms with Crippen LogP contribution in [0.1, 0.15) is 12.5 Å². The second-order valence-electron chi connectivity index (χ2n) is 4.54. The van der Waals surface area contributed by atoms with Crippen LogP contribution in [-0.2, 0) is 6.42 Å². The first-order valence-electron chi connectivity index (χ1n) is 6.41. The van der Waals surface area contributed by atoms with Crippen LogP contribution in [0.2, 0.25) is 0 Å². The van der Waals surface area contributed by atoms with Crippen LogP contribution >= 0.6 is 0 Å². The molecule has 0 bridgehead atoms. The zero-order valence-electron chi connectivity index (χ0n) is 11.7. The molecule has 0 spiro atoms. The number of rotatable bonds is 4. The van der Waals surface area contributed by atoms with Crippen molar-refractivity contribution in [1.29, 1.82) is 0 Å². The second kappa shape index (κ2) is 5.65. The summed E-state index contributed by atoms with van der Waals surface area (Å²) >= 11 is 0. The lowest BCUT2D eigenvalue weighted by Crippen LogP contribution is -2.10. The van der Waals surface area contributed by atoms with E-state index < -0.39 is 0 Å². The molecule has 0 aliphatic carbocycles. The standard InChI is InChI=1S/C16H20N2O/c1-4-12-5-7-14(8-6-12)18(2)15-9-13(17)10-16(11-15)19-3/h5-11H,4,17H2,1-3H3. The van der Waals surface area contributed by atoms with E-state index >= 15 is 0 Å². The van der Waals surface area contributed by atoms with Crippen LogP contribution in [0.4, 0.5) is 17.1 Å². The first kappa shape index (κ1) is 13.3. The zero-order chi connectivity index (χ0) is 13.8. The summed E-state index contributed by atoms with van der Waals surface area (Å²) in [5.41, 5.74) is 10.1. The van der Waals surface area contributed by atoms with Gasteiger partial charge in [-0.25, -0.2) is 0 Å². The molecule has 0 radical (unpaired) electrons. The Morgan fingerprint density at radius 2 is 1.74 bits per heavy atom. The van der Waals surface area contributed by atoms with Crippen molar-refractivity contribution in [2.45, 2.75) is 13.3 Å². The molecule has 0 aromatic heterocycles. The Balaban J connectivity index is 2.31. The van der Waals surface area contributed by atoms with Gasteiger partial charge in [0.25, 0.3) is 0 Å². The normalized spacial score (nSPS) is 10.3. The molecule has 0 saturated heterocycles. The molecule has 0 atom stereocenters. The molecule has 0 unspecified atom stereocenters. The lowest BCUT2D eigenvalue weighted by atomic mass is 10.1. The largest absolute Gasteiger partial charge is 0.497 e. The molecule has 100 valence electrons. The average Bonchev–Trinajstić information content (AvgIpc) is 2.46. The third kappa shape index (κ3) is 2.99. The quantitative estimate of drug-likeness (QED) is 0.849. The van der Waals surface area contributed by atoms with Gasteiger partial charge in [-0.05, 0) is 30.2 Å². The van der Waals surface area contributed by atoms with E-state index in [0.29, 0.717) is 5.69 Å². The molecule has 0 aliphatic heterocycles. The molecule has 2 N–H and O–H groups in total. The van der Waals surface area contributed by atoms with Crippen molar-refractivity contribution in [2.24, 2.45) is 0 Å². The average molecular weight is 256 g/mol. The maximum atomic E-state index is 5.89. The molecular formula is C16H20N2O. The van der Waals surface area contributed by atoms with Crippen molar-refractivity contribution in [3.8, 4) is 5.75 Å². The number of methoxy groups -OCH3 is 1. The molecule has 19 heavy (non-hydrogen) atoms. The molecule has 3 heteroatoms. The van der Waals surface area contributed by atoms with Crippen LogP contribution in [-0.4, -0.2) is 14.2 Å². The Kier molecular flexibility index (Phi) is 3.95. The molecular weight excluding hydrogens is 236 g/mol. The maximum absolute atomic E-state index is 5.89. The van der Waals surface area contributed by atoms with Crippen molar-refractivity contribution in [1.82, 2.24) is 0 Å². The van der Waals surface area contributed by atoms with Crippen molar-refractivity contribution in [3.05, 3.63) is 48.0 Å². The Morgan fingerprint density at radius 3 is 2.32 bits per heavy atom. The van der Waals surface area contributed by atoms with E-state index in [0.717, 1.165) is 23.5 Å². The Morgan fingerprint density at radius 1 is 1.05 bits per heavy atom. The number of benzene rings is 2. The van der Waals surface area contributed by atoms with E-state index in [-0.39, 0.29) is 0 Å². The minimum absolute atomic E-state index is 0.700. The summed E-state index contributed by atoms with van der Waals surface area (Å²) in [6.07, 6.45) is 1.05. The van der Waals surface area contributed by atoms with Gasteiger partial charge in [-0.2, -0.15) is 0 Å². The Labute approximate surface area is 114 Å². The fourth-order valence-corrected chi connectivity index (χ4v) is 2.02. The van der Waals surface area contributed by atoms with E-state index in [1.807, 2.05) is 25.2 Å². The number of anilines is 3. The number of ether oxygens (including phenoxy) is 1. The van der Waals surface area contributed by atoms with Crippen LogP contribution in [0.5, 0.6) is 5.75 Å². The molecule has 3 nitrogen and oxygen atoms in total. The molecule has 0 aliphatic rings. The van der Waals surface area contributed by atoms with Gasteiger partial charge in [0.15, 0.2) is 0 Å². The molecule has 0 heterocycles. The van der Waals surface area contributed by atoms with E-state index in [1.54, 1.807) is 7.11 Å². The third-order valence-electron chi connectivity index (χ3n) is 3.27. The SMILES string of the molecule is CCc1ccc(N(C)c2cc(N)cc(OC)c2)cc1. The second-order valence-corrected chi connectivity index (χ2v) is 4.54. The molecule has 0 saturated carbocycles. The predicted molar refractivity (Wildman–Crippen MR) is 81.3 cm³/mol. The van der Waals surface area contributed by atoms with Gasteiger partial charge < -0.3 is 15.4 Å². The number of hydrogen-bond acceptors (Lipinski definition) is 3. The van der Waals surface area contributed by atoms with Gasteiger partial charge in [0, 0.05) is 36.2 Å². The molecule has 2 aromatic rings. The highest BCUT2D eigenvalue weighted by atomic mass is 16.5. The smallest absolute Gasteiger partial charge is 0.122 e. The van der Waals surface area contributed by atoms with E-state index in [9.17, 15) is 0 Å². The van der Waals surface area contributed by atoms with Crippen LogP contribution in [0.3, 0.4) is 0 Å². The minimum Gasteiger partial charge on any atom is -0.497 e. The Bertz CT molecular complexity index is 549. The van der Waals surface area contributed by atoms with E-state index in [4.69, 9.17) is 10.5 Å². The van der Waals surface area contributed by atoms with E-state index in [2.05, 4.69) is 36.1 Å². The summed E-state index contributed by atoms with van der Waals surface area (Å²) in [7, 11) is 3.67. The number of nitrogens with zero attached hydrogens (tertiary/aromatic N) is 1. The minimum atomic E-state index is 0.700. The van der Waals surface area contributed by atoms with E-state index in [1.165, 1.54) is 5.56 Å². The predicted octanol–water partition coefficient (Wildman–Crippen LogP) is 3.61. The molecule has 0 amide bonds. The van der Waals surface area contributed by atoms with Crippen molar-refractivity contribution < 1.29 is 4.74 Å². The summed E-state index contributed by atoms with van der Waals surface area (Å²) in [6.45, 7) is 2.15. The number of hydrogen-bond donors (Lipinski definition) is 1. The first-order valence-corrected chi connectivity index (χ1v) is 6.41. The van der Waals surface area contributed by atoms with Crippen LogP contribution < -0.4 is 15.4 Å². The summed E-state index contributed by atoms with van der Waals surface area (Å²) in [5, 5.41) is 0. The van der Waals surface area contributed by atoms with Gasteiger partial charge >= 0.3 is 0 Å². The number of aryl methyl sites for hydroxylation is 1. The summed E-state index contributed by atoms with van der Waals surface area (Å²) in [5.74, 6) is 0.770. The lowest BCUT2D eigenvalue weighted by molar-refractivity contribution is 0.415. The topological polar surface area (TPSA) is 38.5 Å². The fourth-order valence-electron chi connectivity index (χ4n) is 2.02.